The van der Waals surface area contributed by atoms with Crippen LogP contribution in [-0.2, 0) is 29.0 Å². The molecular weight excluding hydrogens is 495 g/mol. The zero-order valence-corrected chi connectivity index (χ0v) is 20.9. The van der Waals surface area contributed by atoms with E-state index in [2.05, 4.69) is 28.2 Å². The Morgan fingerprint density at radius 1 is 0.912 bits per heavy atom. The highest BCUT2D eigenvalue weighted by atomic mass is 79.9. The lowest BCUT2D eigenvalue weighted by Crippen LogP contribution is -2.51. The van der Waals surface area contributed by atoms with Gasteiger partial charge in [-0.15, -0.1) is 0 Å². The van der Waals surface area contributed by atoms with Crippen molar-refractivity contribution in [2.45, 2.75) is 45.2 Å². The minimum absolute atomic E-state index is 0.0876. The fourth-order valence-electron chi connectivity index (χ4n) is 3.73. The summed E-state index contributed by atoms with van der Waals surface area (Å²) >= 11 is 3.45. The van der Waals surface area contributed by atoms with Gasteiger partial charge < -0.3 is 10.2 Å². The van der Waals surface area contributed by atoms with Crippen LogP contribution in [0.25, 0.3) is 0 Å². The van der Waals surface area contributed by atoms with Crippen molar-refractivity contribution in [1.82, 2.24) is 10.2 Å². The lowest BCUT2D eigenvalue weighted by molar-refractivity contribution is -0.140. The number of carbonyl (C=O) groups excluding carboxylic acids is 2. The first-order chi connectivity index (χ1) is 16.5. The monoisotopic (exact) mass is 524 g/mol. The summed E-state index contributed by atoms with van der Waals surface area (Å²) in [4.78, 5) is 28.6. The molecule has 0 heterocycles. The molecule has 0 aromatic heterocycles. The number of benzene rings is 3. The van der Waals surface area contributed by atoms with Crippen molar-refractivity contribution in [3.63, 3.8) is 0 Å². The average molecular weight is 525 g/mol. The number of halogens is 2. The van der Waals surface area contributed by atoms with Crippen molar-refractivity contribution in [2.75, 3.05) is 6.54 Å². The summed E-state index contributed by atoms with van der Waals surface area (Å²) in [6.45, 7) is 2.94. The molecule has 1 atom stereocenters. The van der Waals surface area contributed by atoms with Crippen LogP contribution < -0.4 is 5.32 Å². The number of rotatable bonds is 11. The van der Waals surface area contributed by atoms with Crippen LogP contribution in [0.15, 0.2) is 83.3 Å². The molecule has 0 aliphatic carbocycles. The largest absolute Gasteiger partial charge is 0.354 e. The molecule has 3 aromatic carbocycles. The highest BCUT2D eigenvalue weighted by molar-refractivity contribution is 9.10. The van der Waals surface area contributed by atoms with Crippen LogP contribution in [0.3, 0.4) is 0 Å². The molecule has 0 aliphatic heterocycles. The fourth-order valence-corrected chi connectivity index (χ4v) is 3.99. The third-order valence-corrected chi connectivity index (χ3v) is 6.16. The molecule has 1 N–H and O–H groups in total. The standard InChI is InChI=1S/C28H30BrFN2O2/c1-2-3-17-31-28(34)26(18-21-7-5-4-6-8-21)32(20-23-9-13-24(29)14-10-23)27(33)19-22-11-15-25(30)16-12-22/h4-16,26H,2-3,17-20H2,1H3,(H,31,34)/t26-/m1/s1. The van der Waals surface area contributed by atoms with Crippen LogP contribution in [0.2, 0.25) is 0 Å². The average Bonchev–Trinajstić information content (AvgIpc) is 2.84. The Bertz CT molecular complexity index is 1060. The van der Waals surface area contributed by atoms with E-state index in [4.69, 9.17) is 0 Å². The molecule has 3 aromatic rings. The van der Waals surface area contributed by atoms with E-state index in [0.29, 0.717) is 25.1 Å². The van der Waals surface area contributed by atoms with Gasteiger partial charge in [0.15, 0.2) is 0 Å². The van der Waals surface area contributed by atoms with E-state index in [0.717, 1.165) is 28.4 Å². The Morgan fingerprint density at radius 3 is 2.21 bits per heavy atom. The topological polar surface area (TPSA) is 49.4 Å². The summed E-state index contributed by atoms with van der Waals surface area (Å²) in [5.41, 5.74) is 2.61. The lowest BCUT2D eigenvalue weighted by Gasteiger charge is -2.31. The normalized spacial score (nSPS) is 11.6. The molecule has 0 aliphatic rings. The second kappa shape index (κ2) is 13.0. The number of hydrogen-bond donors (Lipinski definition) is 1. The second-order valence-electron chi connectivity index (χ2n) is 8.30. The first-order valence-corrected chi connectivity index (χ1v) is 12.4. The number of nitrogens with zero attached hydrogens (tertiary/aromatic N) is 1. The van der Waals surface area contributed by atoms with Gasteiger partial charge in [0, 0.05) is 24.0 Å². The van der Waals surface area contributed by atoms with Crippen LogP contribution in [-0.4, -0.2) is 29.3 Å². The first-order valence-electron chi connectivity index (χ1n) is 11.6. The molecule has 0 radical (unpaired) electrons. The van der Waals surface area contributed by atoms with Gasteiger partial charge in [-0.3, -0.25) is 9.59 Å². The van der Waals surface area contributed by atoms with E-state index in [-0.39, 0.29) is 24.1 Å². The quantitative estimate of drug-likeness (QED) is 0.327. The van der Waals surface area contributed by atoms with Gasteiger partial charge in [-0.2, -0.15) is 0 Å². The summed E-state index contributed by atoms with van der Waals surface area (Å²) in [7, 11) is 0. The molecule has 0 bridgehead atoms. The van der Waals surface area contributed by atoms with E-state index < -0.39 is 6.04 Å². The molecule has 0 unspecified atom stereocenters. The lowest BCUT2D eigenvalue weighted by atomic mass is 10.0. The van der Waals surface area contributed by atoms with E-state index in [1.165, 1.54) is 12.1 Å². The van der Waals surface area contributed by atoms with Crippen LogP contribution in [0.1, 0.15) is 36.5 Å². The molecule has 3 rings (SSSR count). The highest BCUT2D eigenvalue weighted by Crippen LogP contribution is 2.18. The Balaban J connectivity index is 1.92. The zero-order chi connectivity index (χ0) is 24.3. The zero-order valence-electron chi connectivity index (χ0n) is 19.3. The van der Waals surface area contributed by atoms with Gasteiger partial charge in [0.1, 0.15) is 11.9 Å². The van der Waals surface area contributed by atoms with E-state index >= 15 is 0 Å². The van der Waals surface area contributed by atoms with E-state index in [1.807, 2.05) is 54.6 Å². The van der Waals surface area contributed by atoms with Gasteiger partial charge >= 0.3 is 0 Å². The van der Waals surface area contributed by atoms with Gasteiger partial charge in [0.25, 0.3) is 0 Å². The van der Waals surface area contributed by atoms with E-state index in [1.54, 1.807) is 17.0 Å². The van der Waals surface area contributed by atoms with Crippen molar-refractivity contribution in [1.29, 1.82) is 0 Å². The van der Waals surface area contributed by atoms with Gasteiger partial charge in [-0.05, 0) is 47.4 Å². The molecule has 4 nitrogen and oxygen atoms in total. The third kappa shape index (κ3) is 7.80. The van der Waals surface area contributed by atoms with Gasteiger partial charge in [-0.1, -0.05) is 83.9 Å². The van der Waals surface area contributed by atoms with Crippen molar-refractivity contribution >= 4 is 27.7 Å². The molecule has 6 heteroatoms. The predicted molar refractivity (Wildman–Crippen MR) is 137 cm³/mol. The Labute approximate surface area is 209 Å². The summed E-state index contributed by atoms with van der Waals surface area (Å²) in [5, 5.41) is 3.02. The highest BCUT2D eigenvalue weighted by Gasteiger charge is 2.30. The number of amides is 2. The molecule has 0 fully saturated rings. The molecule has 178 valence electrons. The molecule has 2 amide bonds. The van der Waals surface area contributed by atoms with Gasteiger partial charge in [-0.25, -0.2) is 4.39 Å². The van der Waals surface area contributed by atoms with Crippen LogP contribution in [0.5, 0.6) is 0 Å². The van der Waals surface area contributed by atoms with Gasteiger partial charge in [0.2, 0.25) is 11.8 Å². The Hall–Kier alpha value is -2.99. The third-order valence-electron chi connectivity index (χ3n) is 5.64. The molecule has 0 saturated heterocycles. The number of carbonyl (C=O) groups is 2. The van der Waals surface area contributed by atoms with Gasteiger partial charge in [0.05, 0.1) is 6.42 Å². The molecule has 0 spiro atoms. The van der Waals surface area contributed by atoms with Crippen molar-refractivity contribution in [3.8, 4) is 0 Å². The number of unbranched alkanes of at least 4 members (excludes halogenated alkanes) is 1. The minimum Gasteiger partial charge on any atom is -0.354 e. The maximum atomic E-state index is 13.6. The summed E-state index contributed by atoms with van der Waals surface area (Å²) in [6, 6.07) is 22.7. The minimum atomic E-state index is -0.671. The van der Waals surface area contributed by atoms with Crippen molar-refractivity contribution in [2.24, 2.45) is 0 Å². The maximum Gasteiger partial charge on any atom is 0.243 e. The number of hydrogen-bond acceptors (Lipinski definition) is 2. The van der Waals surface area contributed by atoms with Crippen molar-refractivity contribution < 1.29 is 14.0 Å². The second-order valence-corrected chi connectivity index (χ2v) is 9.22. The first kappa shape index (κ1) is 25.6. The predicted octanol–water partition coefficient (Wildman–Crippen LogP) is 5.69. The molecule has 34 heavy (non-hydrogen) atoms. The summed E-state index contributed by atoms with van der Waals surface area (Å²) < 4.78 is 14.3. The van der Waals surface area contributed by atoms with E-state index in [9.17, 15) is 14.0 Å². The Morgan fingerprint density at radius 2 is 1.56 bits per heavy atom. The number of nitrogens with one attached hydrogen (secondary N) is 1. The Kier molecular flexibility index (Phi) is 9.83. The summed E-state index contributed by atoms with van der Waals surface area (Å²) in [6.07, 6.45) is 2.34. The van der Waals surface area contributed by atoms with Crippen LogP contribution in [0, 0.1) is 5.82 Å². The maximum absolute atomic E-state index is 13.6. The molecule has 0 saturated carbocycles. The van der Waals surface area contributed by atoms with Crippen molar-refractivity contribution in [3.05, 3.63) is 106 Å². The fraction of sp³-hybridized carbons (Fsp3) is 0.286. The summed E-state index contributed by atoms with van der Waals surface area (Å²) in [5.74, 6) is -0.692. The molecular formula is C28H30BrFN2O2. The smallest absolute Gasteiger partial charge is 0.243 e. The van der Waals surface area contributed by atoms with Crippen LogP contribution in [0.4, 0.5) is 4.39 Å². The van der Waals surface area contributed by atoms with Crippen LogP contribution >= 0.6 is 15.9 Å². The SMILES string of the molecule is CCCCNC(=O)[C@@H](Cc1ccccc1)N(Cc1ccc(Br)cc1)C(=O)Cc1ccc(F)cc1.